The summed E-state index contributed by atoms with van der Waals surface area (Å²) in [7, 11) is -5.27. The Kier molecular flexibility index (Phi) is 7.12. The van der Waals surface area contributed by atoms with Gasteiger partial charge < -0.3 is 15.4 Å². The number of guanidine groups is 1. The minimum absolute atomic E-state index is 0.149. The second kappa shape index (κ2) is 9.42. The molecule has 3 rings (SSSR count). The van der Waals surface area contributed by atoms with Crippen molar-refractivity contribution in [2.24, 2.45) is 4.99 Å². The zero-order valence-corrected chi connectivity index (χ0v) is 17.6. The molecule has 1 saturated heterocycles. The second-order valence-electron chi connectivity index (χ2n) is 7.36. The van der Waals surface area contributed by atoms with Crippen LogP contribution in [0.25, 0.3) is 0 Å². The number of alkyl halides is 3. The van der Waals surface area contributed by atoms with Crippen LogP contribution in [-0.4, -0.2) is 63.0 Å². The molecule has 30 heavy (non-hydrogen) atoms. The van der Waals surface area contributed by atoms with Gasteiger partial charge in [0.25, 0.3) is 0 Å². The molecule has 0 aliphatic carbocycles. The van der Waals surface area contributed by atoms with Crippen LogP contribution in [0, 0.1) is 0 Å². The van der Waals surface area contributed by atoms with E-state index in [0.29, 0.717) is 30.0 Å². The minimum atomic E-state index is -5.27. The van der Waals surface area contributed by atoms with Crippen LogP contribution in [0.5, 0.6) is 5.75 Å². The molecule has 0 amide bonds. The third-order valence-electron chi connectivity index (χ3n) is 5.32. The average Bonchev–Trinajstić information content (AvgIpc) is 2.72. The molecular formula is C19H27F3N4O3S. The van der Waals surface area contributed by atoms with Crippen molar-refractivity contribution < 1.29 is 26.3 Å². The summed E-state index contributed by atoms with van der Waals surface area (Å²) in [6, 6.07) is 7.73. The molecule has 168 valence electrons. The van der Waals surface area contributed by atoms with Gasteiger partial charge in [0.2, 0.25) is 0 Å². The van der Waals surface area contributed by atoms with E-state index in [0.717, 1.165) is 17.7 Å². The number of hydrogen-bond donors (Lipinski definition) is 2. The second-order valence-corrected chi connectivity index (χ2v) is 9.29. The highest BCUT2D eigenvalue weighted by molar-refractivity contribution is 7.90. The Labute approximate surface area is 174 Å². The first-order chi connectivity index (χ1) is 14.2. The highest BCUT2D eigenvalue weighted by Gasteiger charge is 2.50. The molecule has 0 radical (unpaired) electrons. The van der Waals surface area contributed by atoms with E-state index in [-0.39, 0.29) is 37.9 Å². The molecule has 1 fully saturated rings. The molecule has 0 saturated carbocycles. The van der Waals surface area contributed by atoms with Crippen LogP contribution < -0.4 is 15.4 Å². The zero-order chi connectivity index (χ0) is 21.8. The molecule has 2 N–H and O–H groups in total. The molecule has 7 nitrogen and oxygen atoms in total. The predicted octanol–water partition coefficient (Wildman–Crippen LogP) is 2.42. The van der Waals surface area contributed by atoms with Crippen LogP contribution in [-0.2, 0) is 10.0 Å². The van der Waals surface area contributed by atoms with E-state index in [2.05, 4.69) is 15.6 Å². The normalized spacial score (nSPS) is 21.6. The predicted molar refractivity (Wildman–Crippen MR) is 108 cm³/mol. The third kappa shape index (κ3) is 5.18. The van der Waals surface area contributed by atoms with Gasteiger partial charge in [-0.2, -0.15) is 17.5 Å². The van der Waals surface area contributed by atoms with E-state index >= 15 is 0 Å². The number of ether oxygens (including phenoxy) is 1. The maximum Gasteiger partial charge on any atom is 0.511 e. The van der Waals surface area contributed by atoms with Crippen molar-refractivity contribution in [2.75, 3.05) is 32.8 Å². The van der Waals surface area contributed by atoms with E-state index < -0.39 is 15.5 Å². The van der Waals surface area contributed by atoms with Gasteiger partial charge in [0.15, 0.2) is 5.96 Å². The van der Waals surface area contributed by atoms with Crippen molar-refractivity contribution in [3.05, 3.63) is 29.8 Å². The summed E-state index contributed by atoms with van der Waals surface area (Å²) in [5, 5.41) is 6.39. The summed E-state index contributed by atoms with van der Waals surface area (Å²) in [4.78, 5) is 4.66. The number of piperidine rings is 1. The smallest absolute Gasteiger partial charge is 0.493 e. The summed E-state index contributed by atoms with van der Waals surface area (Å²) in [5.41, 5.74) is -4.14. The Bertz CT molecular complexity index is 853. The van der Waals surface area contributed by atoms with Gasteiger partial charge in [0.1, 0.15) is 5.75 Å². The Morgan fingerprint density at radius 3 is 2.60 bits per heavy atom. The number of nitrogens with one attached hydrogen (secondary N) is 2. The molecule has 0 aromatic heterocycles. The average molecular weight is 449 g/mol. The maximum atomic E-state index is 12.7. The minimum Gasteiger partial charge on any atom is -0.493 e. The molecule has 11 heteroatoms. The standard InChI is InChI=1S/C19H27F3N4O3S/c1-2-23-18(24-13-14-9-12-29-17-6-4-3-5-16(14)17)25-15-7-10-26(11-8-15)30(27,28)19(20,21)22/h3-6,14-15H,2,7-13H2,1H3,(H2,23,24,25). The number of fused-ring (bicyclic) bond motifs is 1. The first-order valence-corrected chi connectivity index (χ1v) is 11.5. The van der Waals surface area contributed by atoms with Crippen molar-refractivity contribution in [2.45, 2.75) is 43.7 Å². The number of hydrogen-bond acceptors (Lipinski definition) is 4. The lowest BCUT2D eigenvalue weighted by atomic mass is 9.93. The SMILES string of the molecule is CCNC(=NCC1CCOc2ccccc21)NC1CCN(S(=O)(=O)C(F)(F)F)CC1. The maximum absolute atomic E-state index is 12.7. The van der Waals surface area contributed by atoms with E-state index in [1.807, 2.05) is 31.2 Å². The summed E-state index contributed by atoms with van der Waals surface area (Å²) < 4.78 is 67.5. The summed E-state index contributed by atoms with van der Waals surface area (Å²) >= 11 is 0. The molecule has 1 atom stereocenters. The Morgan fingerprint density at radius 1 is 1.23 bits per heavy atom. The largest absolute Gasteiger partial charge is 0.511 e. The van der Waals surface area contributed by atoms with Gasteiger partial charge in [-0.25, -0.2) is 8.42 Å². The molecule has 2 aliphatic heterocycles. The van der Waals surface area contributed by atoms with E-state index in [1.165, 1.54) is 0 Å². The Morgan fingerprint density at radius 2 is 1.93 bits per heavy atom. The number of sulfonamides is 1. The first kappa shape index (κ1) is 22.7. The molecule has 2 heterocycles. The molecular weight excluding hydrogens is 421 g/mol. The lowest BCUT2D eigenvalue weighted by Crippen LogP contribution is -2.51. The fraction of sp³-hybridized carbons (Fsp3) is 0.632. The number of halogens is 3. The molecule has 1 aromatic carbocycles. The van der Waals surface area contributed by atoms with E-state index in [9.17, 15) is 21.6 Å². The van der Waals surface area contributed by atoms with Crippen molar-refractivity contribution in [1.29, 1.82) is 0 Å². The van der Waals surface area contributed by atoms with E-state index in [4.69, 9.17) is 4.74 Å². The molecule has 2 aliphatic rings. The molecule has 0 bridgehead atoms. The van der Waals surface area contributed by atoms with Crippen LogP contribution in [0.3, 0.4) is 0 Å². The fourth-order valence-electron chi connectivity index (χ4n) is 3.71. The van der Waals surface area contributed by atoms with Crippen LogP contribution in [0.1, 0.15) is 37.7 Å². The third-order valence-corrected chi connectivity index (χ3v) is 6.95. The topological polar surface area (TPSA) is 83.0 Å². The summed E-state index contributed by atoms with van der Waals surface area (Å²) in [6.07, 6.45) is 1.41. The van der Waals surface area contributed by atoms with Crippen LogP contribution in [0.4, 0.5) is 13.2 Å². The summed E-state index contributed by atoms with van der Waals surface area (Å²) in [5.74, 6) is 1.68. The van der Waals surface area contributed by atoms with Gasteiger partial charge in [-0.15, -0.1) is 0 Å². The van der Waals surface area contributed by atoms with Crippen LogP contribution in [0.15, 0.2) is 29.3 Å². The van der Waals surface area contributed by atoms with Gasteiger partial charge in [-0.1, -0.05) is 18.2 Å². The van der Waals surface area contributed by atoms with Gasteiger partial charge in [-0.05, 0) is 37.8 Å². The van der Waals surface area contributed by atoms with Crippen molar-refractivity contribution >= 4 is 16.0 Å². The quantitative estimate of drug-likeness (QED) is 0.534. The van der Waals surface area contributed by atoms with Crippen LogP contribution >= 0.6 is 0 Å². The molecule has 1 aromatic rings. The highest BCUT2D eigenvalue weighted by atomic mass is 32.2. The van der Waals surface area contributed by atoms with Crippen molar-refractivity contribution in [3.8, 4) is 5.75 Å². The number of benzene rings is 1. The van der Waals surface area contributed by atoms with Crippen LogP contribution in [0.2, 0.25) is 0 Å². The number of rotatable bonds is 5. The number of nitrogens with zero attached hydrogens (tertiary/aromatic N) is 2. The van der Waals surface area contributed by atoms with Crippen molar-refractivity contribution in [3.63, 3.8) is 0 Å². The van der Waals surface area contributed by atoms with Crippen molar-refractivity contribution in [1.82, 2.24) is 14.9 Å². The highest BCUT2D eigenvalue weighted by Crippen LogP contribution is 2.33. The number of aliphatic imine (C=N–C) groups is 1. The fourth-order valence-corrected chi connectivity index (χ4v) is 4.69. The van der Waals surface area contributed by atoms with E-state index in [1.54, 1.807) is 0 Å². The molecule has 1 unspecified atom stereocenters. The van der Waals surface area contributed by atoms with Gasteiger partial charge in [0, 0.05) is 38.1 Å². The van der Waals surface area contributed by atoms with Gasteiger partial charge >= 0.3 is 15.5 Å². The Balaban J connectivity index is 1.59. The first-order valence-electron chi connectivity index (χ1n) is 10.1. The summed E-state index contributed by atoms with van der Waals surface area (Å²) in [6.45, 7) is 3.40. The van der Waals surface area contributed by atoms with Gasteiger partial charge in [0.05, 0.1) is 6.61 Å². The molecule has 0 spiro atoms. The lowest BCUT2D eigenvalue weighted by Gasteiger charge is -2.32. The monoisotopic (exact) mass is 448 g/mol. The number of para-hydroxylation sites is 1. The lowest BCUT2D eigenvalue weighted by molar-refractivity contribution is -0.0494. The van der Waals surface area contributed by atoms with Gasteiger partial charge in [-0.3, -0.25) is 4.99 Å². The zero-order valence-electron chi connectivity index (χ0n) is 16.8. The Hall–Kier alpha value is -2.01.